The minimum Gasteiger partial charge on any atom is -0.381 e. The third kappa shape index (κ3) is 3.38. The van der Waals surface area contributed by atoms with E-state index in [1.807, 2.05) is 6.92 Å². The zero-order chi connectivity index (χ0) is 14.5. The number of ether oxygens (including phenoxy) is 1. The van der Waals surface area contributed by atoms with Gasteiger partial charge in [-0.1, -0.05) is 19.9 Å². The first-order valence-electron chi connectivity index (χ1n) is 7.41. The van der Waals surface area contributed by atoms with Crippen LogP contribution < -0.4 is 5.73 Å². The number of hydrogen-bond donors (Lipinski definition) is 1. The first kappa shape index (κ1) is 15.0. The normalized spacial score (nSPS) is 11.7. The third-order valence-corrected chi connectivity index (χ3v) is 3.35. The molecule has 0 unspecified atom stereocenters. The third-order valence-electron chi connectivity index (χ3n) is 3.35. The SMILES string of the molecule is CCOCCc1nc2cc(CN)ccc2n1CC(C)C. The summed E-state index contributed by atoms with van der Waals surface area (Å²) < 4.78 is 7.78. The number of aromatic nitrogens is 2. The van der Waals surface area contributed by atoms with Crippen LogP contribution >= 0.6 is 0 Å². The van der Waals surface area contributed by atoms with E-state index in [1.54, 1.807) is 0 Å². The molecule has 2 aromatic rings. The fourth-order valence-corrected chi connectivity index (χ4v) is 2.42. The van der Waals surface area contributed by atoms with Crippen LogP contribution in [0.5, 0.6) is 0 Å². The van der Waals surface area contributed by atoms with Gasteiger partial charge in [-0.15, -0.1) is 0 Å². The Bertz CT molecular complexity index is 560. The lowest BCUT2D eigenvalue weighted by atomic mass is 10.2. The zero-order valence-corrected chi connectivity index (χ0v) is 12.7. The van der Waals surface area contributed by atoms with E-state index in [-0.39, 0.29) is 0 Å². The molecule has 0 spiro atoms. The molecule has 0 amide bonds. The average molecular weight is 275 g/mol. The molecule has 4 nitrogen and oxygen atoms in total. The molecule has 2 N–H and O–H groups in total. The van der Waals surface area contributed by atoms with Crippen molar-refractivity contribution in [2.75, 3.05) is 13.2 Å². The molecule has 0 atom stereocenters. The first-order valence-corrected chi connectivity index (χ1v) is 7.41. The van der Waals surface area contributed by atoms with Crippen LogP contribution in [0.1, 0.15) is 32.2 Å². The highest BCUT2D eigenvalue weighted by molar-refractivity contribution is 5.77. The van der Waals surface area contributed by atoms with Crippen LogP contribution in [-0.4, -0.2) is 22.8 Å². The zero-order valence-electron chi connectivity index (χ0n) is 12.7. The maximum atomic E-state index is 5.71. The molecule has 1 heterocycles. The van der Waals surface area contributed by atoms with Crippen molar-refractivity contribution >= 4 is 11.0 Å². The standard InChI is InChI=1S/C16H25N3O/c1-4-20-8-7-16-18-14-9-13(10-17)5-6-15(14)19(16)11-12(2)3/h5-6,9,12H,4,7-8,10-11,17H2,1-3H3. The van der Waals surface area contributed by atoms with Crippen LogP contribution in [0.25, 0.3) is 11.0 Å². The molecule has 0 saturated carbocycles. The van der Waals surface area contributed by atoms with Gasteiger partial charge in [0.05, 0.1) is 17.6 Å². The van der Waals surface area contributed by atoms with Crippen LogP contribution in [0, 0.1) is 5.92 Å². The Morgan fingerprint density at radius 3 is 2.80 bits per heavy atom. The Balaban J connectivity index is 2.36. The van der Waals surface area contributed by atoms with Gasteiger partial charge in [-0.25, -0.2) is 4.98 Å². The molecule has 20 heavy (non-hydrogen) atoms. The molecule has 0 aliphatic carbocycles. The predicted octanol–water partition coefficient (Wildman–Crippen LogP) is 2.73. The van der Waals surface area contributed by atoms with Gasteiger partial charge >= 0.3 is 0 Å². The lowest BCUT2D eigenvalue weighted by Crippen LogP contribution is -2.11. The van der Waals surface area contributed by atoms with Gasteiger partial charge in [-0.05, 0) is 30.5 Å². The summed E-state index contributed by atoms with van der Waals surface area (Å²) in [6.07, 6.45) is 0.854. The number of imidazole rings is 1. The lowest BCUT2D eigenvalue weighted by Gasteiger charge is -2.12. The van der Waals surface area contributed by atoms with Crippen molar-refractivity contribution < 1.29 is 4.74 Å². The topological polar surface area (TPSA) is 53.1 Å². The highest BCUT2D eigenvalue weighted by Crippen LogP contribution is 2.20. The highest BCUT2D eigenvalue weighted by Gasteiger charge is 2.12. The van der Waals surface area contributed by atoms with Gasteiger partial charge in [-0.3, -0.25) is 0 Å². The summed E-state index contributed by atoms with van der Waals surface area (Å²) in [5, 5.41) is 0. The van der Waals surface area contributed by atoms with Gasteiger partial charge in [0.1, 0.15) is 5.82 Å². The van der Waals surface area contributed by atoms with Crippen molar-refractivity contribution in [1.29, 1.82) is 0 Å². The number of fused-ring (bicyclic) bond motifs is 1. The molecule has 4 heteroatoms. The number of nitrogens with two attached hydrogens (primary N) is 1. The Labute approximate surface area is 120 Å². The number of benzene rings is 1. The number of rotatable bonds is 7. The van der Waals surface area contributed by atoms with Gasteiger partial charge in [0.2, 0.25) is 0 Å². The quantitative estimate of drug-likeness (QED) is 0.790. The second kappa shape index (κ2) is 6.86. The van der Waals surface area contributed by atoms with E-state index in [0.29, 0.717) is 12.5 Å². The van der Waals surface area contributed by atoms with E-state index in [4.69, 9.17) is 15.5 Å². The molecule has 0 saturated heterocycles. The predicted molar refractivity (Wildman–Crippen MR) is 82.7 cm³/mol. The minimum atomic E-state index is 0.557. The van der Waals surface area contributed by atoms with Gasteiger partial charge in [-0.2, -0.15) is 0 Å². The van der Waals surface area contributed by atoms with E-state index in [2.05, 4.69) is 36.6 Å². The Kier molecular flexibility index (Phi) is 5.15. The summed E-state index contributed by atoms with van der Waals surface area (Å²) in [7, 11) is 0. The van der Waals surface area contributed by atoms with Crippen LogP contribution in [0.15, 0.2) is 18.2 Å². The smallest absolute Gasteiger partial charge is 0.112 e. The fourth-order valence-electron chi connectivity index (χ4n) is 2.42. The summed E-state index contributed by atoms with van der Waals surface area (Å²) in [4.78, 5) is 4.77. The summed E-state index contributed by atoms with van der Waals surface area (Å²) in [5.41, 5.74) is 9.08. The van der Waals surface area contributed by atoms with Gasteiger partial charge in [0, 0.05) is 26.1 Å². The maximum Gasteiger partial charge on any atom is 0.112 e. The lowest BCUT2D eigenvalue weighted by molar-refractivity contribution is 0.149. The molecule has 0 radical (unpaired) electrons. The Morgan fingerprint density at radius 2 is 2.15 bits per heavy atom. The molecule has 110 valence electrons. The molecule has 0 aliphatic heterocycles. The molecule has 0 fully saturated rings. The molecule has 1 aromatic carbocycles. The Morgan fingerprint density at radius 1 is 1.35 bits per heavy atom. The molecular formula is C16H25N3O. The molecule has 1 aromatic heterocycles. The van der Waals surface area contributed by atoms with E-state index in [1.165, 1.54) is 5.52 Å². The van der Waals surface area contributed by atoms with Gasteiger partial charge in [0.15, 0.2) is 0 Å². The summed E-state index contributed by atoms with van der Waals surface area (Å²) in [6.45, 7) is 9.49. The fraction of sp³-hybridized carbons (Fsp3) is 0.562. The monoisotopic (exact) mass is 275 g/mol. The van der Waals surface area contributed by atoms with E-state index in [0.717, 1.165) is 43.1 Å². The van der Waals surface area contributed by atoms with E-state index < -0.39 is 0 Å². The molecule has 0 bridgehead atoms. The number of nitrogens with zero attached hydrogens (tertiary/aromatic N) is 2. The Hall–Kier alpha value is -1.39. The number of hydrogen-bond acceptors (Lipinski definition) is 3. The van der Waals surface area contributed by atoms with Crippen molar-refractivity contribution in [2.45, 2.75) is 40.3 Å². The van der Waals surface area contributed by atoms with Crippen LogP contribution in [-0.2, 0) is 24.2 Å². The van der Waals surface area contributed by atoms with E-state index >= 15 is 0 Å². The highest BCUT2D eigenvalue weighted by atomic mass is 16.5. The molecule has 0 aliphatic rings. The van der Waals surface area contributed by atoms with Crippen LogP contribution in [0.3, 0.4) is 0 Å². The maximum absolute atomic E-state index is 5.71. The summed E-state index contributed by atoms with van der Waals surface area (Å²) >= 11 is 0. The van der Waals surface area contributed by atoms with Crippen molar-refractivity contribution in [3.63, 3.8) is 0 Å². The molecule has 2 rings (SSSR count). The van der Waals surface area contributed by atoms with Crippen molar-refractivity contribution in [3.05, 3.63) is 29.6 Å². The summed E-state index contributed by atoms with van der Waals surface area (Å²) in [5.74, 6) is 1.70. The average Bonchev–Trinajstić information content (AvgIpc) is 2.76. The summed E-state index contributed by atoms with van der Waals surface area (Å²) in [6, 6.07) is 6.32. The van der Waals surface area contributed by atoms with Crippen molar-refractivity contribution in [2.24, 2.45) is 11.7 Å². The minimum absolute atomic E-state index is 0.557. The van der Waals surface area contributed by atoms with E-state index in [9.17, 15) is 0 Å². The van der Waals surface area contributed by atoms with Gasteiger partial charge < -0.3 is 15.0 Å². The van der Waals surface area contributed by atoms with Crippen molar-refractivity contribution in [1.82, 2.24) is 9.55 Å². The van der Waals surface area contributed by atoms with Gasteiger partial charge in [0.25, 0.3) is 0 Å². The van der Waals surface area contributed by atoms with Crippen molar-refractivity contribution in [3.8, 4) is 0 Å². The first-order chi connectivity index (χ1) is 9.65. The van der Waals surface area contributed by atoms with Crippen LogP contribution in [0.2, 0.25) is 0 Å². The largest absolute Gasteiger partial charge is 0.381 e. The molecular weight excluding hydrogens is 250 g/mol. The second-order valence-electron chi connectivity index (χ2n) is 5.51. The second-order valence-corrected chi connectivity index (χ2v) is 5.51. The van der Waals surface area contributed by atoms with Crippen LogP contribution in [0.4, 0.5) is 0 Å².